The van der Waals surface area contributed by atoms with Crippen molar-refractivity contribution in [2.24, 2.45) is 22.7 Å². The van der Waals surface area contributed by atoms with Gasteiger partial charge in [0.1, 0.15) is 5.54 Å². The number of unbranched alkanes of at least 4 members (excludes halogenated alkanes) is 1. The van der Waals surface area contributed by atoms with Crippen LogP contribution in [0.5, 0.6) is 0 Å². The van der Waals surface area contributed by atoms with Gasteiger partial charge in [0.25, 0.3) is 0 Å². The van der Waals surface area contributed by atoms with Crippen molar-refractivity contribution in [1.29, 1.82) is 0 Å². The number of hydrogen-bond acceptors (Lipinski definition) is 4. The van der Waals surface area contributed by atoms with Crippen LogP contribution < -0.4 is 0 Å². The summed E-state index contributed by atoms with van der Waals surface area (Å²) in [6.45, 7) is 4.20. The zero-order valence-electron chi connectivity index (χ0n) is 16.5. The minimum absolute atomic E-state index is 0.0635. The van der Waals surface area contributed by atoms with Gasteiger partial charge in [0, 0.05) is 30.4 Å². The number of fused-ring (bicyclic) bond motifs is 1. The third-order valence-electron chi connectivity index (χ3n) is 6.09. The fourth-order valence-electron chi connectivity index (χ4n) is 4.40. The van der Waals surface area contributed by atoms with Gasteiger partial charge in [-0.15, -0.1) is 19.1 Å². The number of terminal acetylenes is 1. The number of hydrogen-bond donors (Lipinski definition) is 3. The molecule has 1 fully saturated rings. The number of thiol groups is 1. The van der Waals surface area contributed by atoms with E-state index in [2.05, 4.69) is 32.4 Å². The first-order chi connectivity index (χ1) is 12.8. The molecule has 1 aliphatic heterocycles. The first-order valence-corrected chi connectivity index (χ1v) is 10.6. The van der Waals surface area contributed by atoms with Gasteiger partial charge >= 0.3 is 0 Å². The Hall–Kier alpha value is -1.09. The van der Waals surface area contributed by atoms with Crippen molar-refractivity contribution < 1.29 is 15.0 Å². The molecule has 0 amide bonds. The maximum absolute atomic E-state index is 11.0. The molecule has 4 nitrogen and oxygen atoms in total. The SMILES string of the molecule is C#CC12CC(O)C(/C=C/C(O)C(C)CCCC)C1CC(CCCC(=O)S)=N2. The molecule has 0 bridgehead atoms. The first kappa shape index (κ1) is 22.2. The fourth-order valence-corrected chi connectivity index (χ4v) is 4.56. The molecule has 6 unspecified atom stereocenters. The standard InChI is InChI=1S/C22H33NO3S/c1-4-6-8-15(3)19(24)12-11-17-18-13-16(9-7-10-21(26)27)23-22(18,5-2)14-20(17)25/h2,11-12,15,17-20,24-25H,4,6-10,13-14H2,1,3H3,(H,26,27)/b12-11+. The topological polar surface area (TPSA) is 69.9 Å². The average molecular weight is 392 g/mol. The van der Waals surface area contributed by atoms with Crippen LogP contribution in [0.15, 0.2) is 17.1 Å². The van der Waals surface area contributed by atoms with Crippen LogP contribution in [0.2, 0.25) is 0 Å². The second kappa shape index (κ2) is 9.91. The first-order valence-electron chi connectivity index (χ1n) is 10.1. The number of carbonyl (C=O) groups excluding carboxylic acids is 1. The van der Waals surface area contributed by atoms with Gasteiger partial charge in [-0.1, -0.05) is 44.8 Å². The molecule has 27 heavy (non-hydrogen) atoms. The molecule has 0 spiro atoms. The van der Waals surface area contributed by atoms with Crippen LogP contribution in [0.1, 0.15) is 65.2 Å². The summed E-state index contributed by atoms with van der Waals surface area (Å²) in [5, 5.41) is 20.9. The summed E-state index contributed by atoms with van der Waals surface area (Å²) in [5.41, 5.74) is 0.391. The minimum atomic E-state index is -0.645. The van der Waals surface area contributed by atoms with Gasteiger partial charge in [-0.2, -0.15) is 0 Å². The number of aliphatic hydroxyl groups is 2. The quantitative estimate of drug-likeness (QED) is 0.303. The molecule has 0 aromatic rings. The van der Waals surface area contributed by atoms with Crippen LogP contribution in [-0.4, -0.2) is 38.8 Å². The van der Waals surface area contributed by atoms with E-state index in [1.54, 1.807) is 0 Å². The Balaban J connectivity index is 2.03. The van der Waals surface area contributed by atoms with E-state index < -0.39 is 17.7 Å². The van der Waals surface area contributed by atoms with E-state index in [1.807, 2.05) is 12.2 Å². The van der Waals surface area contributed by atoms with Crippen molar-refractivity contribution in [3.05, 3.63) is 12.2 Å². The predicted octanol–water partition coefficient (Wildman–Crippen LogP) is 3.57. The zero-order chi connectivity index (χ0) is 20.0. The summed E-state index contributed by atoms with van der Waals surface area (Å²) in [5.74, 6) is 3.01. The Labute approximate surface area is 169 Å². The molecule has 0 saturated heterocycles. The fraction of sp³-hybridized carbons (Fsp3) is 0.727. The maximum atomic E-state index is 11.0. The summed E-state index contributed by atoms with van der Waals surface area (Å²) in [7, 11) is 0. The Morgan fingerprint density at radius 3 is 2.89 bits per heavy atom. The van der Waals surface area contributed by atoms with Crippen LogP contribution in [0, 0.1) is 30.1 Å². The molecule has 5 heteroatoms. The van der Waals surface area contributed by atoms with Crippen molar-refractivity contribution in [3.8, 4) is 12.3 Å². The van der Waals surface area contributed by atoms with E-state index in [0.717, 1.165) is 44.2 Å². The highest BCUT2D eigenvalue weighted by Crippen LogP contribution is 2.49. The molecular weight excluding hydrogens is 358 g/mol. The summed E-state index contributed by atoms with van der Waals surface area (Å²) in [4.78, 5) is 15.8. The lowest BCUT2D eigenvalue weighted by Crippen LogP contribution is -2.27. The Kier molecular flexibility index (Phi) is 8.15. The van der Waals surface area contributed by atoms with E-state index in [0.29, 0.717) is 12.8 Å². The summed E-state index contributed by atoms with van der Waals surface area (Å²) in [6.07, 6.45) is 14.9. The summed E-state index contributed by atoms with van der Waals surface area (Å²) in [6, 6.07) is 0. The predicted molar refractivity (Wildman–Crippen MR) is 113 cm³/mol. The van der Waals surface area contributed by atoms with Crippen LogP contribution in [0.3, 0.4) is 0 Å². The molecule has 150 valence electrons. The molecular formula is C22H33NO3S. The van der Waals surface area contributed by atoms with Crippen LogP contribution in [-0.2, 0) is 4.79 Å². The molecule has 6 atom stereocenters. The van der Waals surface area contributed by atoms with Crippen molar-refractivity contribution in [3.63, 3.8) is 0 Å². The van der Waals surface area contributed by atoms with Gasteiger partial charge in [0.05, 0.1) is 12.2 Å². The highest BCUT2D eigenvalue weighted by Gasteiger charge is 2.54. The number of aliphatic imine (C=N–C) groups is 1. The Morgan fingerprint density at radius 1 is 1.52 bits per heavy atom. The van der Waals surface area contributed by atoms with E-state index in [4.69, 9.17) is 11.4 Å². The van der Waals surface area contributed by atoms with Crippen molar-refractivity contribution in [1.82, 2.24) is 0 Å². The average Bonchev–Trinajstić information content (AvgIpc) is 3.09. The summed E-state index contributed by atoms with van der Waals surface area (Å²) < 4.78 is 0. The Morgan fingerprint density at radius 2 is 2.26 bits per heavy atom. The highest BCUT2D eigenvalue weighted by atomic mass is 32.1. The molecule has 2 rings (SSSR count). The summed E-state index contributed by atoms with van der Waals surface area (Å²) >= 11 is 3.81. The lowest BCUT2D eigenvalue weighted by molar-refractivity contribution is -0.110. The molecule has 0 aromatic carbocycles. The van der Waals surface area contributed by atoms with E-state index >= 15 is 0 Å². The van der Waals surface area contributed by atoms with Gasteiger partial charge in [-0.05, 0) is 31.6 Å². The van der Waals surface area contributed by atoms with Gasteiger partial charge in [0.2, 0.25) is 0 Å². The van der Waals surface area contributed by atoms with Crippen molar-refractivity contribution in [2.45, 2.75) is 83.0 Å². The van der Waals surface area contributed by atoms with Crippen molar-refractivity contribution in [2.75, 3.05) is 0 Å². The zero-order valence-corrected chi connectivity index (χ0v) is 17.4. The molecule has 1 heterocycles. The van der Waals surface area contributed by atoms with Crippen LogP contribution in [0.25, 0.3) is 0 Å². The smallest absolute Gasteiger partial charge is 0.185 e. The van der Waals surface area contributed by atoms with Gasteiger partial charge in [0.15, 0.2) is 5.12 Å². The molecule has 2 N–H and O–H groups in total. The van der Waals surface area contributed by atoms with E-state index in [-0.39, 0.29) is 22.9 Å². The molecule has 1 aliphatic carbocycles. The molecule has 0 aromatic heterocycles. The number of carbonyl (C=O) groups is 1. The third-order valence-corrected chi connectivity index (χ3v) is 6.31. The Bertz CT molecular complexity index is 624. The van der Waals surface area contributed by atoms with Gasteiger partial charge in [-0.3, -0.25) is 9.79 Å². The second-order valence-electron chi connectivity index (χ2n) is 8.15. The number of nitrogens with zero attached hydrogens (tertiary/aromatic N) is 1. The third kappa shape index (κ3) is 5.47. The van der Waals surface area contributed by atoms with E-state index in [9.17, 15) is 15.0 Å². The molecule has 2 aliphatic rings. The highest BCUT2D eigenvalue weighted by molar-refractivity contribution is 7.96. The number of rotatable bonds is 10. The van der Waals surface area contributed by atoms with Crippen molar-refractivity contribution >= 4 is 23.5 Å². The monoisotopic (exact) mass is 391 g/mol. The second-order valence-corrected chi connectivity index (χ2v) is 8.65. The lowest BCUT2D eigenvalue weighted by atomic mass is 9.82. The molecule has 1 saturated carbocycles. The molecule has 0 radical (unpaired) electrons. The van der Waals surface area contributed by atoms with E-state index in [1.165, 1.54) is 0 Å². The maximum Gasteiger partial charge on any atom is 0.185 e. The minimum Gasteiger partial charge on any atom is -0.392 e. The van der Waals surface area contributed by atoms with Crippen LogP contribution >= 0.6 is 12.6 Å². The van der Waals surface area contributed by atoms with Gasteiger partial charge in [-0.25, -0.2) is 0 Å². The largest absolute Gasteiger partial charge is 0.392 e. The normalized spacial score (nSPS) is 32.1. The number of aliphatic hydroxyl groups excluding tert-OH is 2. The van der Waals surface area contributed by atoms with Gasteiger partial charge < -0.3 is 10.2 Å². The van der Waals surface area contributed by atoms with Crippen LogP contribution in [0.4, 0.5) is 0 Å². The lowest BCUT2D eigenvalue weighted by Gasteiger charge is -2.22.